The van der Waals surface area contributed by atoms with Crippen molar-refractivity contribution in [3.63, 3.8) is 0 Å². The topological polar surface area (TPSA) is 49.4 Å². The number of thiophene rings is 1. The van der Waals surface area contributed by atoms with Gasteiger partial charge in [-0.05, 0) is 25.5 Å². The Bertz CT molecular complexity index is 493. The Morgan fingerprint density at radius 2 is 2.29 bits per heavy atom. The van der Waals surface area contributed by atoms with Crippen molar-refractivity contribution in [3.8, 4) is 0 Å². The van der Waals surface area contributed by atoms with E-state index in [1.807, 2.05) is 13.8 Å². The van der Waals surface area contributed by atoms with Crippen molar-refractivity contribution in [2.75, 3.05) is 19.6 Å². The molecule has 1 aliphatic heterocycles. The Hall–Kier alpha value is -0.140. The Kier molecular flexibility index (Phi) is 3.80. The summed E-state index contributed by atoms with van der Waals surface area (Å²) in [5.41, 5.74) is 0.818. The van der Waals surface area contributed by atoms with Gasteiger partial charge in [0, 0.05) is 25.7 Å². The second-order valence-electron chi connectivity index (χ2n) is 4.19. The fourth-order valence-corrected chi connectivity index (χ4v) is 5.32. The second-order valence-corrected chi connectivity index (χ2v) is 7.96. The molecular formula is C10H15ClN2O2S2. The van der Waals surface area contributed by atoms with Gasteiger partial charge in [-0.1, -0.05) is 11.6 Å². The van der Waals surface area contributed by atoms with Crippen molar-refractivity contribution in [2.45, 2.75) is 24.1 Å². The average molecular weight is 295 g/mol. The molecule has 2 heterocycles. The standard InChI is InChI=1S/C10H15ClN2O2S2/c1-7-5-9(16-10(7)11)17(14,15)13-4-3-12-6-8(13)2/h5,8,12H,3-4,6H2,1-2H3/t8-/m1/s1. The first kappa shape index (κ1) is 13.3. The highest BCUT2D eigenvalue weighted by Gasteiger charge is 2.32. The van der Waals surface area contributed by atoms with Gasteiger partial charge in [-0.15, -0.1) is 11.3 Å². The molecule has 0 aromatic carbocycles. The molecule has 2 rings (SSSR count). The largest absolute Gasteiger partial charge is 0.314 e. The van der Waals surface area contributed by atoms with Crippen LogP contribution in [0.15, 0.2) is 10.3 Å². The van der Waals surface area contributed by atoms with Crippen LogP contribution in [0.5, 0.6) is 0 Å². The number of rotatable bonds is 2. The minimum atomic E-state index is -3.39. The monoisotopic (exact) mass is 294 g/mol. The van der Waals surface area contributed by atoms with Crippen LogP contribution in [-0.4, -0.2) is 38.4 Å². The van der Waals surface area contributed by atoms with Crippen LogP contribution >= 0.6 is 22.9 Å². The first-order valence-corrected chi connectivity index (χ1v) is 8.05. The van der Waals surface area contributed by atoms with E-state index in [2.05, 4.69) is 5.32 Å². The number of nitrogens with one attached hydrogen (secondary N) is 1. The van der Waals surface area contributed by atoms with E-state index in [1.54, 1.807) is 10.4 Å². The molecule has 1 fully saturated rings. The van der Waals surface area contributed by atoms with E-state index in [4.69, 9.17) is 11.6 Å². The third kappa shape index (κ3) is 2.51. The molecule has 0 saturated carbocycles. The molecule has 7 heteroatoms. The molecule has 1 atom stereocenters. The maximum Gasteiger partial charge on any atom is 0.252 e. The number of sulfonamides is 1. The van der Waals surface area contributed by atoms with Gasteiger partial charge in [-0.3, -0.25) is 0 Å². The molecule has 0 bridgehead atoms. The zero-order valence-corrected chi connectivity index (χ0v) is 12.1. The van der Waals surface area contributed by atoms with Crippen molar-refractivity contribution >= 4 is 33.0 Å². The predicted molar refractivity (Wildman–Crippen MR) is 70.3 cm³/mol. The fraction of sp³-hybridized carbons (Fsp3) is 0.600. The summed E-state index contributed by atoms with van der Waals surface area (Å²) >= 11 is 7.07. The zero-order chi connectivity index (χ0) is 12.6. The third-order valence-electron chi connectivity index (χ3n) is 2.84. The van der Waals surface area contributed by atoms with Crippen molar-refractivity contribution in [3.05, 3.63) is 16.0 Å². The van der Waals surface area contributed by atoms with Crippen LogP contribution < -0.4 is 5.32 Å². The van der Waals surface area contributed by atoms with Gasteiger partial charge in [0.05, 0.1) is 4.34 Å². The van der Waals surface area contributed by atoms with Gasteiger partial charge < -0.3 is 5.32 Å². The Morgan fingerprint density at radius 1 is 1.59 bits per heavy atom. The summed E-state index contributed by atoms with van der Waals surface area (Å²) in [5.74, 6) is 0. The maximum absolute atomic E-state index is 12.4. The summed E-state index contributed by atoms with van der Waals surface area (Å²) in [6.07, 6.45) is 0. The van der Waals surface area contributed by atoms with Gasteiger partial charge in [-0.25, -0.2) is 8.42 Å². The van der Waals surface area contributed by atoms with Gasteiger partial charge in [-0.2, -0.15) is 4.31 Å². The number of nitrogens with zero attached hydrogens (tertiary/aromatic N) is 1. The summed E-state index contributed by atoms with van der Waals surface area (Å²) in [4.78, 5) is 0. The molecule has 1 N–H and O–H groups in total. The van der Waals surface area contributed by atoms with Gasteiger partial charge in [0.1, 0.15) is 4.21 Å². The molecule has 4 nitrogen and oxygen atoms in total. The summed E-state index contributed by atoms with van der Waals surface area (Å²) in [5, 5.41) is 3.18. The SMILES string of the molecule is Cc1cc(S(=O)(=O)N2CCNC[C@H]2C)sc1Cl. The second kappa shape index (κ2) is 4.85. The minimum Gasteiger partial charge on any atom is -0.314 e. The number of piperazine rings is 1. The van der Waals surface area contributed by atoms with Crippen molar-refractivity contribution in [2.24, 2.45) is 0 Å². The molecule has 96 valence electrons. The van der Waals surface area contributed by atoms with E-state index in [0.29, 0.717) is 28.2 Å². The van der Waals surface area contributed by atoms with E-state index < -0.39 is 10.0 Å². The van der Waals surface area contributed by atoms with Crippen LogP contribution in [0, 0.1) is 6.92 Å². The lowest BCUT2D eigenvalue weighted by atomic mass is 10.3. The van der Waals surface area contributed by atoms with Crippen LogP contribution in [0.4, 0.5) is 0 Å². The maximum atomic E-state index is 12.4. The Labute approximate surface area is 111 Å². The molecule has 0 radical (unpaired) electrons. The molecule has 0 amide bonds. The summed E-state index contributed by atoms with van der Waals surface area (Å²) in [6.45, 7) is 5.63. The highest BCUT2D eigenvalue weighted by atomic mass is 35.5. The van der Waals surface area contributed by atoms with Crippen LogP contribution in [0.25, 0.3) is 0 Å². The van der Waals surface area contributed by atoms with Crippen molar-refractivity contribution < 1.29 is 8.42 Å². The average Bonchev–Trinajstić information content (AvgIpc) is 2.60. The van der Waals surface area contributed by atoms with E-state index in [9.17, 15) is 8.42 Å². The van der Waals surface area contributed by atoms with Gasteiger partial charge >= 0.3 is 0 Å². The molecule has 0 unspecified atom stereocenters. The quantitative estimate of drug-likeness (QED) is 0.903. The zero-order valence-electron chi connectivity index (χ0n) is 9.73. The lowest BCUT2D eigenvalue weighted by Crippen LogP contribution is -2.51. The molecule has 1 aromatic rings. The smallest absolute Gasteiger partial charge is 0.252 e. The first-order chi connectivity index (χ1) is 7.93. The molecule has 17 heavy (non-hydrogen) atoms. The summed E-state index contributed by atoms with van der Waals surface area (Å²) < 4.78 is 27.3. The Balaban J connectivity index is 2.35. The van der Waals surface area contributed by atoms with E-state index in [0.717, 1.165) is 16.9 Å². The highest BCUT2D eigenvalue weighted by Crippen LogP contribution is 2.32. The van der Waals surface area contributed by atoms with Crippen LogP contribution in [0.3, 0.4) is 0 Å². The van der Waals surface area contributed by atoms with Gasteiger partial charge in [0.2, 0.25) is 0 Å². The van der Waals surface area contributed by atoms with Gasteiger partial charge in [0.25, 0.3) is 10.0 Å². The van der Waals surface area contributed by atoms with Crippen molar-refractivity contribution in [1.29, 1.82) is 0 Å². The molecule has 1 aliphatic rings. The first-order valence-electron chi connectivity index (χ1n) is 5.41. The minimum absolute atomic E-state index is 0.0186. The number of halogens is 1. The molecule has 1 saturated heterocycles. The lowest BCUT2D eigenvalue weighted by molar-refractivity contribution is 0.284. The van der Waals surface area contributed by atoms with E-state index in [1.165, 1.54) is 0 Å². The van der Waals surface area contributed by atoms with Crippen molar-refractivity contribution in [1.82, 2.24) is 9.62 Å². The normalized spacial score (nSPS) is 22.9. The summed E-state index contributed by atoms with van der Waals surface area (Å²) in [7, 11) is -3.39. The summed E-state index contributed by atoms with van der Waals surface area (Å²) in [6, 6.07) is 1.63. The number of hydrogen-bond donors (Lipinski definition) is 1. The van der Waals surface area contributed by atoms with E-state index >= 15 is 0 Å². The number of aryl methyl sites for hydroxylation is 1. The van der Waals surface area contributed by atoms with Crippen LogP contribution in [-0.2, 0) is 10.0 Å². The van der Waals surface area contributed by atoms with Crippen LogP contribution in [0.1, 0.15) is 12.5 Å². The third-order valence-corrected chi connectivity index (χ3v) is 6.86. The van der Waals surface area contributed by atoms with Crippen LogP contribution in [0.2, 0.25) is 4.34 Å². The molecule has 1 aromatic heterocycles. The molecular weight excluding hydrogens is 280 g/mol. The lowest BCUT2D eigenvalue weighted by Gasteiger charge is -2.32. The number of hydrogen-bond acceptors (Lipinski definition) is 4. The molecule has 0 spiro atoms. The predicted octanol–water partition coefficient (Wildman–Crippen LogP) is 1.69. The van der Waals surface area contributed by atoms with Gasteiger partial charge in [0.15, 0.2) is 0 Å². The van der Waals surface area contributed by atoms with E-state index in [-0.39, 0.29) is 6.04 Å². The molecule has 0 aliphatic carbocycles. The Morgan fingerprint density at radius 3 is 2.82 bits per heavy atom. The highest BCUT2D eigenvalue weighted by molar-refractivity contribution is 7.91. The fourth-order valence-electron chi connectivity index (χ4n) is 1.85.